The molecule has 1 aromatic heterocycles. The number of hydrogen-bond donors (Lipinski definition) is 2. The minimum atomic E-state index is -0.236. The molecule has 3 rings (SSSR count). The van der Waals surface area contributed by atoms with Crippen LogP contribution in [-0.2, 0) is 4.74 Å². The van der Waals surface area contributed by atoms with Gasteiger partial charge in [0, 0.05) is 30.7 Å². The number of amides is 1. The molecule has 0 aliphatic carbocycles. The monoisotopic (exact) mass is 379 g/mol. The summed E-state index contributed by atoms with van der Waals surface area (Å²) in [6.45, 7) is 5.13. The molecule has 142 valence electrons. The Bertz CT molecular complexity index is 704. The van der Waals surface area contributed by atoms with E-state index in [1.807, 2.05) is 31.2 Å². The number of methoxy groups -OCH3 is 1. The molecule has 7 heteroatoms. The lowest BCUT2D eigenvalue weighted by Crippen LogP contribution is -2.47. The zero-order chi connectivity index (χ0) is 17.7. The first-order valence-corrected chi connectivity index (χ1v) is 8.63. The van der Waals surface area contributed by atoms with E-state index in [1.165, 1.54) is 5.56 Å². The molecule has 1 aliphatic heterocycles. The number of nitrogens with zero attached hydrogens (tertiary/aromatic N) is 1. The Morgan fingerprint density at radius 1 is 1.31 bits per heavy atom. The molecule has 6 nitrogen and oxygen atoms in total. The average molecular weight is 380 g/mol. The molecule has 2 heterocycles. The fourth-order valence-electron chi connectivity index (χ4n) is 3.23. The fourth-order valence-corrected chi connectivity index (χ4v) is 3.23. The Morgan fingerprint density at radius 2 is 2.00 bits per heavy atom. The molecule has 2 N–H and O–H groups in total. The van der Waals surface area contributed by atoms with Gasteiger partial charge in [-0.1, -0.05) is 35.0 Å². The van der Waals surface area contributed by atoms with Crippen LogP contribution in [0.2, 0.25) is 0 Å². The molecular weight excluding hydrogens is 354 g/mol. The second-order valence-corrected chi connectivity index (χ2v) is 6.81. The summed E-state index contributed by atoms with van der Waals surface area (Å²) in [7, 11) is 1.70. The summed E-state index contributed by atoms with van der Waals surface area (Å²) in [5.74, 6) is -0.00283. The van der Waals surface area contributed by atoms with Gasteiger partial charge in [0.05, 0.1) is 6.61 Å². The number of rotatable bonds is 6. The highest BCUT2D eigenvalue weighted by molar-refractivity contribution is 5.92. The van der Waals surface area contributed by atoms with Crippen LogP contribution in [0.15, 0.2) is 34.9 Å². The third-order valence-electron chi connectivity index (χ3n) is 4.82. The molecule has 0 spiro atoms. The van der Waals surface area contributed by atoms with Crippen molar-refractivity contribution >= 4 is 18.3 Å². The van der Waals surface area contributed by atoms with Gasteiger partial charge in [0.1, 0.15) is 5.69 Å². The number of carbonyl (C=O) groups is 1. The van der Waals surface area contributed by atoms with Gasteiger partial charge in [-0.2, -0.15) is 0 Å². The van der Waals surface area contributed by atoms with Crippen LogP contribution in [0, 0.1) is 12.3 Å². The summed E-state index contributed by atoms with van der Waals surface area (Å²) in [5.41, 5.74) is 2.76. The topological polar surface area (TPSA) is 76.4 Å². The number of benzene rings is 1. The van der Waals surface area contributed by atoms with Gasteiger partial charge in [0.2, 0.25) is 5.76 Å². The predicted molar refractivity (Wildman–Crippen MR) is 103 cm³/mol. The van der Waals surface area contributed by atoms with Gasteiger partial charge in [0.25, 0.3) is 5.91 Å². The molecule has 1 amide bonds. The van der Waals surface area contributed by atoms with Crippen molar-refractivity contribution in [3.8, 4) is 11.3 Å². The van der Waals surface area contributed by atoms with E-state index in [9.17, 15) is 4.79 Å². The van der Waals surface area contributed by atoms with Crippen molar-refractivity contribution in [3.05, 3.63) is 41.7 Å². The Balaban J connectivity index is 0.00000243. The molecule has 0 saturated carbocycles. The lowest BCUT2D eigenvalue weighted by atomic mass is 9.79. The van der Waals surface area contributed by atoms with E-state index < -0.39 is 0 Å². The van der Waals surface area contributed by atoms with Crippen LogP contribution in [-0.4, -0.2) is 44.4 Å². The standard InChI is InChI=1S/C19H25N3O3.ClH/c1-14-3-5-15(6-4-14)16-11-17(25-22-16)18(23)21-12-19(13-24-2)7-9-20-10-8-19;/h3-6,11,20H,7-10,12-13H2,1-2H3,(H,21,23);1H. The number of halogens is 1. The van der Waals surface area contributed by atoms with Crippen molar-refractivity contribution in [2.24, 2.45) is 5.41 Å². The smallest absolute Gasteiger partial charge is 0.289 e. The highest BCUT2D eigenvalue weighted by Gasteiger charge is 2.33. The summed E-state index contributed by atoms with van der Waals surface area (Å²) in [4.78, 5) is 12.4. The van der Waals surface area contributed by atoms with E-state index in [0.29, 0.717) is 18.8 Å². The number of piperidine rings is 1. The quantitative estimate of drug-likeness (QED) is 0.807. The van der Waals surface area contributed by atoms with Gasteiger partial charge in [-0.05, 0) is 32.9 Å². The van der Waals surface area contributed by atoms with Gasteiger partial charge in [-0.15, -0.1) is 12.4 Å². The summed E-state index contributed by atoms with van der Waals surface area (Å²) in [6, 6.07) is 9.64. The van der Waals surface area contributed by atoms with Crippen LogP contribution < -0.4 is 10.6 Å². The normalized spacial score (nSPS) is 15.9. The van der Waals surface area contributed by atoms with Crippen molar-refractivity contribution < 1.29 is 14.1 Å². The van der Waals surface area contributed by atoms with Gasteiger partial charge in [0.15, 0.2) is 0 Å². The lowest BCUT2D eigenvalue weighted by molar-refractivity contribution is 0.0504. The maximum atomic E-state index is 12.4. The number of aromatic nitrogens is 1. The molecule has 1 saturated heterocycles. The Hall–Kier alpha value is -1.89. The van der Waals surface area contributed by atoms with E-state index in [4.69, 9.17) is 9.26 Å². The summed E-state index contributed by atoms with van der Waals surface area (Å²) in [6.07, 6.45) is 1.96. The third-order valence-corrected chi connectivity index (χ3v) is 4.82. The fraction of sp³-hybridized carbons (Fsp3) is 0.474. The second kappa shape index (κ2) is 9.16. The molecule has 2 aromatic rings. The summed E-state index contributed by atoms with van der Waals surface area (Å²) >= 11 is 0. The Morgan fingerprint density at radius 3 is 2.65 bits per heavy atom. The third kappa shape index (κ3) is 4.84. The Labute approximate surface area is 160 Å². The van der Waals surface area contributed by atoms with Crippen LogP contribution in [0.25, 0.3) is 11.3 Å². The first-order valence-electron chi connectivity index (χ1n) is 8.63. The molecule has 0 radical (unpaired) electrons. The molecule has 0 bridgehead atoms. The summed E-state index contributed by atoms with van der Waals surface area (Å²) < 4.78 is 10.6. The molecule has 1 fully saturated rings. The molecule has 1 aromatic carbocycles. The van der Waals surface area contributed by atoms with Crippen LogP contribution >= 0.6 is 12.4 Å². The van der Waals surface area contributed by atoms with Crippen molar-refractivity contribution in [3.63, 3.8) is 0 Å². The lowest BCUT2D eigenvalue weighted by Gasteiger charge is -2.37. The molecule has 1 aliphatic rings. The maximum Gasteiger partial charge on any atom is 0.289 e. The van der Waals surface area contributed by atoms with Crippen LogP contribution in [0.4, 0.5) is 0 Å². The number of nitrogens with one attached hydrogen (secondary N) is 2. The Kier molecular flexibility index (Phi) is 7.20. The van der Waals surface area contributed by atoms with Crippen molar-refractivity contribution in [1.29, 1.82) is 0 Å². The van der Waals surface area contributed by atoms with Crippen LogP contribution in [0.1, 0.15) is 29.0 Å². The molecule has 0 atom stereocenters. The minimum Gasteiger partial charge on any atom is -0.384 e. The zero-order valence-electron chi connectivity index (χ0n) is 15.2. The van der Waals surface area contributed by atoms with E-state index >= 15 is 0 Å². The predicted octanol–water partition coefficient (Wildman–Crippen LogP) is 2.82. The molecule has 0 unspecified atom stereocenters. The highest BCUT2D eigenvalue weighted by Crippen LogP contribution is 2.28. The highest BCUT2D eigenvalue weighted by atomic mass is 35.5. The first kappa shape index (κ1) is 20.4. The van der Waals surface area contributed by atoms with Gasteiger partial charge >= 0.3 is 0 Å². The van der Waals surface area contributed by atoms with Crippen LogP contribution in [0.5, 0.6) is 0 Å². The van der Waals surface area contributed by atoms with Crippen LogP contribution in [0.3, 0.4) is 0 Å². The zero-order valence-corrected chi connectivity index (χ0v) is 16.0. The van der Waals surface area contributed by atoms with E-state index in [-0.39, 0.29) is 29.5 Å². The van der Waals surface area contributed by atoms with E-state index in [0.717, 1.165) is 31.5 Å². The number of hydrogen-bond acceptors (Lipinski definition) is 5. The van der Waals surface area contributed by atoms with Crippen molar-refractivity contribution in [2.75, 3.05) is 33.4 Å². The van der Waals surface area contributed by atoms with Gasteiger partial charge in [-0.3, -0.25) is 4.79 Å². The SMILES string of the molecule is COCC1(CNC(=O)c2cc(-c3ccc(C)cc3)no2)CCNCC1.Cl. The molecule has 26 heavy (non-hydrogen) atoms. The average Bonchev–Trinajstić information content (AvgIpc) is 3.12. The van der Waals surface area contributed by atoms with Gasteiger partial charge in [-0.25, -0.2) is 0 Å². The second-order valence-electron chi connectivity index (χ2n) is 6.81. The molecular formula is C19H26ClN3O3. The van der Waals surface area contributed by atoms with Gasteiger partial charge < -0.3 is 19.9 Å². The summed E-state index contributed by atoms with van der Waals surface area (Å²) in [5, 5.41) is 10.3. The van der Waals surface area contributed by atoms with Crippen molar-refractivity contribution in [2.45, 2.75) is 19.8 Å². The van der Waals surface area contributed by atoms with E-state index in [1.54, 1.807) is 13.2 Å². The number of carbonyl (C=O) groups excluding carboxylic acids is 1. The number of ether oxygens (including phenoxy) is 1. The largest absolute Gasteiger partial charge is 0.384 e. The maximum absolute atomic E-state index is 12.4. The minimum absolute atomic E-state index is 0. The van der Waals surface area contributed by atoms with Crippen molar-refractivity contribution in [1.82, 2.24) is 15.8 Å². The first-order chi connectivity index (χ1) is 12.1. The number of aryl methyl sites for hydroxylation is 1. The van der Waals surface area contributed by atoms with E-state index in [2.05, 4.69) is 15.8 Å².